The van der Waals surface area contributed by atoms with E-state index in [9.17, 15) is 24.6 Å². The van der Waals surface area contributed by atoms with Crippen molar-refractivity contribution in [1.82, 2.24) is 0 Å². The van der Waals surface area contributed by atoms with Gasteiger partial charge in [-0.05, 0) is 106 Å². The maximum atomic E-state index is 13.6. The van der Waals surface area contributed by atoms with E-state index in [1.165, 1.54) is 21.3 Å². The van der Waals surface area contributed by atoms with Crippen molar-refractivity contribution in [2.24, 2.45) is 56.7 Å². The van der Waals surface area contributed by atoms with Crippen LogP contribution in [-0.2, 0) is 28.6 Å². The van der Waals surface area contributed by atoms with Crippen molar-refractivity contribution in [3.63, 3.8) is 0 Å². The summed E-state index contributed by atoms with van der Waals surface area (Å²) in [5.74, 6) is -1.66. The minimum absolute atomic E-state index is 0.0310. The average Bonchev–Trinajstić information content (AvgIpc) is 2.90. The van der Waals surface area contributed by atoms with Crippen LogP contribution in [0, 0.1) is 56.7 Å². The summed E-state index contributed by atoms with van der Waals surface area (Å²) in [6.45, 7) is 14.5. The number of aliphatic hydroxyl groups excluding tert-OH is 1. The maximum Gasteiger partial charge on any atom is 0.314 e. The summed E-state index contributed by atoms with van der Waals surface area (Å²) < 4.78 is 15.8. The summed E-state index contributed by atoms with van der Waals surface area (Å²) in [4.78, 5) is 39.7. The first kappa shape index (κ1) is 32.2. The highest BCUT2D eigenvalue weighted by Crippen LogP contribution is 2.76. The smallest absolute Gasteiger partial charge is 0.314 e. The van der Waals surface area contributed by atoms with Crippen LogP contribution in [0.15, 0.2) is 0 Å². The molecule has 0 saturated heterocycles. The van der Waals surface area contributed by atoms with Crippen LogP contribution in [0.25, 0.3) is 0 Å². The maximum absolute atomic E-state index is 13.6. The summed E-state index contributed by atoms with van der Waals surface area (Å²) in [6, 6.07) is 0. The minimum Gasteiger partial charge on any atom is -0.469 e. The SMILES string of the molecule is COC(=O)C[C@]1(C)[C@H]2CC[C@@H]3[C@@H]4[C@](C)(O)[C@H](C)C[C@H](O)[C@]4(C(=O)OC)CC[C@@]3(C)[C@]2(C)CC[C@H]1C(C)(C)C(=O)OC. The third-order valence-electron chi connectivity index (χ3n) is 13.9. The van der Waals surface area contributed by atoms with Gasteiger partial charge in [-0.2, -0.15) is 0 Å². The van der Waals surface area contributed by atoms with E-state index in [4.69, 9.17) is 14.2 Å². The Balaban J connectivity index is 1.86. The highest BCUT2D eigenvalue weighted by atomic mass is 16.5. The molecule has 4 fully saturated rings. The number of ether oxygens (including phenoxy) is 3. The number of esters is 3. The molecule has 41 heavy (non-hydrogen) atoms. The molecule has 8 nitrogen and oxygen atoms in total. The Bertz CT molecular complexity index is 1070. The van der Waals surface area contributed by atoms with Crippen molar-refractivity contribution >= 4 is 17.9 Å². The number of aliphatic hydroxyl groups is 2. The van der Waals surface area contributed by atoms with Crippen LogP contribution in [0.5, 0.6) is 0 Å². The molecule has 0 spiro atoms. The lowest BCUT2D eigenvalue weighted by Crippen LogP contribution is -2.73. The predicted molar refractivity (Wildman–Crippen MR) is 153 cm³/mol. The van der Waals surface area contributed by atoms with Crippen LogP contribution in [-0.4, -0.2) is 61.2 Å². The van der Waals surface area contributed by atoms with Crippen LogP contribution < -0.4 is 0 Å². The van der Waals surface area contributed by atoms with Gasteiger partial charge in [0.15, 0.2) is 0 Å². The molecule has 0 unspecified atom stereocenters. The van der Waals surface area contributed by atoms with E-state index in [0.717, 1.165) is 25.7 Å². The average molecular weight is 579 g/mol. The molecule has 4 aliphatic carbocycles. The molecule has 0 aromatic rings. The fourth-order valence-corrected chi connectivity index (χ4v) is 11.5. The van der Waals surface area contributed by atoms with Gasteiger partial charge in [0.25, 0.3) is 0 Å². The summed E-state index contributed by atoms with van der Waals surface area (Å²) in [5.41, 5.74) is -4.18. The molecule has 4 saturated carbocycles. The van der Waals surface area contributed by atoms with Gasteiger partial charge in [0.2, 0.25) is 0 Å². The summed E-state index contributed by atoms with van der Waals surface area (Å²) in [7, 11) is 4.21. The molecule has 0 aromatic carbocycles. The van der Waals surface area contributed by atoms with Gasteiger partial charge in [-0.3, -0.25) is 14.4 Å². The molecule has 11 atom stereocenters. The second kappa shape index (κ2) is 10.2. The zero-order chi connectivity index (χ0) is 31.0. The molecule has 0 aromatic heterocycles. The summed E-state index contributed by atoms with van der Waals surface area (Å²) in [5, 5.41) is 23.7. The number of hydrogen-bond acceptors (Lipinski definition) is 8. The zero-order valence-corrected chi connectivity index (χ0v) is 27.0. The Kier molecular flexibility index (Phi) is 8.03. The topological polar surface area (TPSA) is 119 Å². The van der Waals surface area contributed by atoms with E-state index in [0.29, 0.717) is 19.3 Å². The number of methoxy groups -OCH3 is 3. The Hall–Kier alpha value is -1.67. The van der Waals surface area contributed by atoms with Crippen molar-refractivity contribution in [2.75, 3.05) is 21.3 Å². The number of carbonyl (C=O) groups is 3. The van der Waals surface area contributed by atoms with Crippen molar-refractivity contribution < 1.29 is 38.8 Å². The number of rotatable bonds is 5. The van der Waals surface area contributed by atoms with Crippen LogP contribution in [0.2, 0.25) is 0 Å². The Labute approximate surface area is 246 Å². The molecule has 0 radical (unpaired) electrons. The van der Waals surface area contributed by atoms with Gasteiger partial charge >= 0.3 is 17.9 Å². The van der Waals surface area contributed by atoms with E-state index in [1.54, 1.807) is 0 Å². The molecule has 4 aliphatic rings. The van der Waals surface area contributed by atoms with E-state index in [1.807, 2.05) is 27.7 Å². The molecule has 8 heteroatoms. The molecule has 0 amide bonds. The second-order valence-corrected chi connectivity index (χ2v) is 15.5. The third kappa shape index (κ3) is 4.16. The quantitative estimate of drug-likeness (QED) is 0.348. The predicted octanol–water partition coefficient (Wildman–Crippen LogP) is 4.92. The van der Waals surface area contributed by atoms with Crippen LogP contribution >= 0.6 is 0 Å². The van der Waals surface area contributed by atoms with E-state index in [2.05, 4.69) is 20.8 Å². The molecule has 234 valence electrons. The first-order valence-corrected chi connectivity index (χ1v) is 15.5. The lowest BCUT2D eigenvalue weighted by molar-refractivity contribution is -0.286. The third-order valence-corrected chi connectivity index (χ3v) is 13.9. The monoisotopic (exact) mass is 578 g/mol. The van der Waals surface area contributed by atoms with Gasteiger partial charge in [0.1, 0.15) is 0 Å². The van der Waals surface area contributed by atoms with E-state index < -0.39 is 39.8 Å². The van der Waals surface area contributed by atoms with Crippen molar-refractivity contribution in [1.29, 1.82) is 0 Å². The molecule has 4 rings (SSSR count). The fraction of sp³-hybridized carbons (Fsp3) is 0.909. The highest BCUT2D eigenvalue weighted by molar-refractivity contribution is 5.79. The molecule has 0 aliphatic heterocycles. The van der Waals surface area contributed by atoms with Gasteiger partial charge in [0, 0.05) is 5.92 Å². The normalized spacial score (nSPS) is 47.7. The van der Waals surface area contributed by atoms with Crippen LogP contribution in [0.3, 0.4) is 0 Å². The van der Waals surface area contributed by atoms with Gasteiger partial charge < -0.3 is 24.4 Å². The summed E-state index contributed by atoms with van der Waals surface area (Å²) in [6.07, 6.45) is 3.95. The second-order valence-electron chi connectivity index (χ2n) is 15.5. The standard InChI is InChI=1S/C33H54O8/c1-19-17-23(34)33(27(37)41-10)16-15-30(5)20(25(33)32(19,7)38)11-12-22-29(4,18-24(35)39-8)21(13-14-31(22,30)6)28(2,3)26(36)40-9/h19-23,25,34,38H,11-18H2,1-10H3/t19-,20-,21+,22-,23+,25-,29+,30-,31-,32-,33-/m1/s1. The van der Waals surface area contributed by atoms with Gasteiger partial charge in [-0.1, -0.05) is 27.7 Å². The van der Waals surface area contributed by atoms with E-state index in [-0.39, 0.29) is 52.9 Å². The molecule has 2 N–H and O–H groups in total. The number of carbonyl (C=O) groups excluding carboxylic acids is 3. The zero-order valence-electron chi connectivity index (χ0n) is 27.0. The first-order chi connectivity index (χ1) is 18.9. The molecule has 0 heterocycles. The largest absolute Gasteiger partial charge is 0.469 e. The Morgan fingerprint density at radius 1 is 0.878 bits per heavy atom. The minimum atomic E-state index is -1.16. The van der Waals surface area contributed by atoms with Crippen molar-refractivity contribution in [2.45, 2.75) is 112 Å². The Morgan fingerprint density at radius 2 is 1.51 bits per heavy atom. The lowest BCUT2D eigenvalue weighted by atomic mass is 9.31. The van der Waals surface area contributed by atoms with Crippen molar-refractivity contribution in [3.8, 4) is 0 Å². The summed E-state index contributed by atoms with van der Waals surface area (Å²) >= 11 is 0. The molecular formula is C33H54O8. The number of hydrogen-bond donors (Lipinski definition) is 2. The fourth-order valence-electron chi connectivity index (χ4n) is 11.5. The lowest BCUT2D eigenvalue weighted by Gasteiger charge is -2.73. The van der Waals surface area contributed by atoms with Crippen LogP contribution in [0.4, 0.5) is 0 Å². The highest BCUT2D eigenvalue weighted by Gasteiger charge is 2.75. The van der Waals surface area contributed by atoms with E-state index >= 15 is 0 Å². The van der Waals surface area contributed by atoms with Gasteiger partial charge in [-0.15, -0.1) is 0 Å². The molecular weight excluding hydrogens is 524 g/mol. The van der Waals surface area contributed by atoms with Crippen LogP contribution in [0.1, 0.15) is 99.8 Å². The van der Waals surface area contributed by atoms with Gasteiger partial charge in [-0.25, -0.2) is 0 Å². The van der Waals surface area contributed by atoms with Gasteiger partial charge in [0.05, 0.1) is 50.3 Å². The Morgan fingerprint density at radius 3 is 2.07 bits per heavy atom. The van der Waals surface area contributed by atoms with Crippen molar-refractivity contribution in [3.05, 3.63) is 0 Å². The molecule has 0 bridgehead atoms. The first-order valence-electron chi connectivity index (χ1n) is 15.5. The number of fused-ring (bicyclic) bond motifs is 5.